The highest BCUT2D eigenvalue weighted by molar-refractivity contribution is 7.85. The Balaban J connectivity index is 2.17. The van der Waals surface area contributed by atoms with E-state index in [2.05, 4.69) is 20.3 Å². The summed E-state index contributed by atoms with van der Waals surface area (Å²) in [6, 6.07) is 0.347. The molecule has 0 saturated carbocycles. The summed E-state index contributed by atoms with van der Waals surface area (Å²) in [4.78, 5) is 15.0. The van der Waals surface area contributed by atoms with Crippen molar-refractivity contribution in [2.75, 3.05) is 48.0 Å². The van der Waals surface area contributed by atoms with Gasteiger partial charge < -0.3 is 15.0 Å². The summed E-state index contributed by atoms with van der Waals surface area (Å²) in [5.41, 5.74) is 0. The lowest BCUT2D eigenvalue weighted by Gasteiger charge is -2.26. The number of nitrogens with one attached hydrogen (secondary N) is 1. The van der Waals surface area contributed by atoms with E-state index in [1.54, 1.807) is 0 Å². The Morgan fingerprint density at radius 2 is 2.00 bits per heavy atom. The quantitative estimate of drug-likeness (QED) is 0.826. The average molecular weight is 299 g/mol. The van der Waals surface area contributed by atoms with Crippen LogP contribution in [0.4, 0.5) is 11.9 Å². The topological polar surface area (TPSA) is 80.2 Å². The molecule has 8 heteroatoms. The fraction of sp³-hybridized carbons (Fsp3) is 0.750. The Morgan fingerprint density at radius 1 is 1.25 bits per heavy atom. The van der Waals surface area contributed by atoms with Crippen LogP contribution in [-0.2, 0) is 10.8 Å². The van der Waals surface area contributed by atoms with Crippen LogP contribution < -0.4 is 15.0 Å². The van der Waals surface area contributed by atoms with Crippen molar-refractivity contribution in [3.63, 3.8) is 0 Å². The minimum atomic E-state index is -0.713. The van der Waals surface area contributed by atoms with Gasteiger partial charge in [-0.2, -0.15) is 15.0 Å². The lowest BCUT2D eigenvalue weighted by Crippen LogP contribution is -2.39. The Labute approximate surface area is 121 Å². The van der Waals surface area contributed by atoms with E-state index >= 15 is 0 Å². The number of ether oxygens (including phenoxy) is 1. The third-order valence-corrected chi connectivity index (χ3v) is 4.11. The molecular formula is C12H21N5O2S. The largest absolute Gasteiger partial charge is 0.463 e. The maximum atomic E-state index is 11.4. The van der Waals surface area contributed by atoms with Gasteiger partial charge in [-0.15, -0.1) is 0 Å². The first-order valence-electron chi connectivity index (χ1n) is 6.95. The Morgan fingerprint density at radius 3 is 2.65 bits per heavy atom. The lowest BCUT2D eigenvalue weighted by atomic mass is 10.5. The molecule has 0 amide bonds. The number of nitrogens with zero attached hydrogens (tertiary/aromatic N) is 4. The summed E-state index contributed by atoms with van der Waals surface area (Å²) >= 11 is 0. The van der Waals surface area contributed by atoms with Gasteiger partial charge in [0.1, 0.15) is 0 Å². The lowest BCUT2D eigenvalue weighted by molar-refractivity contribution is 0.292. The zero-order valence-electron chi connectivity index (χ0n) is 12.0. The van der Waals surface area contributed by atoms with Crippen LogP contribution in [0.2, 0.25) is 0 Å². The average Bonchev–Trinajstić information content (AvgIpc) is 2.46. The standard InChI is InChI=1S/C12H21N5O2S/c1-3-7-19-12-15-10(13-4-2)14-11(16-12)17-5-8-20(18)9-6-17/h3-9H2,1-2H3,(H,13,14,15,16). The highest BCUT2D eigenvalue weighted by Gasteiger charge is 2.19. The van der Waals surface area contributed by atoms with Crippen LogP contribution in [-0.4, -0.2) is 56.9 Å². The second-order valence-electron chi connectivity index (χ2n) is 4.46. The molecule has 2 heterocycles. The van der Waals surface area contributed by atoms with Crippen LogP contribution >= 0.6 is 0 Å². The summed E-state index contributed by atoms with van der Waals surface area (Å²) in [6.07, 6.45) is 0.903. The molecule has 20 heavy (non-hydrogen) atoms. The predicted molar refractivity (Wildman–Crippen MR) is 79.9 cm³/mol. The molecule has 0 unspecified atom stereocenters. The molecular weight excluding hydrogens is 278 g/mol. The fourth-order valence-corrected chi connectivity index (χ4v) is 2.87. The molecule has 112 valence electrons. The van der Waals surface area contributed by atoms with Crippen LogP contribution in [0, 0.1) is 0 Å². The number of aromatic nitrogens is 3. The highest BCUT2D eigenvalue weighted by atomic mass is 32.2. The summed E-state index contributed by atoms with van der Waals surface area (Å²) in [7, 11) is -0.713. The first-order valence-corrected chi connectivity index (χ1v) is 8.44. The van der Waals surface area contributed by atoms with E-state index in [9.17, 15) is 4.21 Å². The Bertz CT molecular complexity index is 461. The van der Waals surface area contributed by atoms with Crippen molar-refractivity contribution >= 4 is 22.7 Å². The van der Waals surface area contributed by atoms with Crippen molar-refractivity contribution in [2.45, 2.75) is 20.3 Å². The summed E-state index contributed by atoms with van der Waals surface area (Å²) in [5, 5.41) is 3.08. The van der Waals surface area contributed by atoms with Crippen LogP contribution in [0.1, 0.15) is 20.3 Å². The molecule has 0 aromatic carbocycles. The molecule has 1 N–H and O–H groups in total. The first-order chi connectivity index (χ1) is 9.72. The van der Waals surface area contributed by atoms with Crippen LogP contribution in [0.25, 0.3) is 0 Å². The zero-order valence-corrected chi connectivity index (χ0v) is 12.8. The van der Waals surface area contributed by atoms with Gasteiger partial charge in [0, 0.05) is 41.9 Å². The molecule has 0 aliphatic carbocycles. The van der Waals surface area contributed by atoms with E-state index in [0.29, 0.717) is 49.1 Å². The molecule has 0 radical (unpaired) electrons. The summed E-state index contributed by atoms with van der Waals surface area (Å²) in [6.45, 7) is 6.75. The predicted octanol–water partition coefficient (Wildman–Crippen LogP) is 0.661. The molecule has 1 aliphatic rings. The molecule has 0 spiro atoms. The summed E-state index contributed by atoms with van der Waals surface area (Å²) in [5.74, 6) is 2.44. The van der Waals surface area contributed by atoms with Crippen molar-refractivity contribution in [2.24, 2.45) is 0 Å². The molecule has 1 fully saturated rings. The van der Waals surface area contributed by atoms with Crippen molar-refractivity contribution in [3.8, 4) is 6.01 Å². The molecule has 0 bridgehead atoms. The Kier molecular flexibility index (Phi) is 5.51. The number of anilines is 2. The molecule has 1 saturated heterocycles. The summed E-state index contributed by atoms with van der Waals surface area (Å²) < 4.78 is 16.9. The third kappa shape index (κ3) is 4.03. The van der Waals surface area contributed by atoms with E-state index < -0.39 is 10.8 Å². The third-order valence-electron chi connectivity index (χ3n) is 2.83. The van der Waals surface area contributed by atoms with Gasteiger partial charge in [-0.3, -0.25) is 4.21 Å². The van der Waals surface area contributed by atoms with Crippen molar-refractivity contribution < 1.29 is 8.95 Å². The minimum Gasteiger partial charge on any atom is -0.463 e. The van der Waals surface area contributed by atoms with Gasteiger partial charge >= 0.3 is 6.01 Å². The maximum Gasteiger partial charge on any atom is 0.323 e. The number of rotatable bonds is 6. The number of hydrogen-bond acceptors (Lipinski definition) is 7. The van der Waals surface area contributed by atoms with Gasteiger partial charge in [0.25, 0.3) is 0 Å². The van der Waals surface area contributed by atoms with E-state index in [0.717, 1.165) is 13.0 Å². The van der Waals surface area contributed by atoms with Crippen molar-refractivity contribution in [1.82, 2.24) is 15.0 Å². The van der Waals surface area contributed by atoms with E-state index in [-0.39, 0.29) is 0 Å². The highest BCUT2D eigenvalue weighted by Crippen LogP contribution is 2.16. The molecule has 1 aromatic rings. The normalized spacial score (nSPS) is 16.2. The smallest absolute Gasteiger partial charge is 0.323 e. The monoisotopic (exact) mass is 299 g/mol. The van der Waals surface area contributed by atoms with Gasteiger partial charge in [0.15, 0.2) is 0 Å². The van der Waals surface area contributed by atoms with Gasteiger partial charge in [-0.1, -0.05) is 6.92 Å². The SMILES string of the molecule is CCCOc1nc(NCC)nc(N2CCS(=O)CC2)n1. The van der Waals surface area contributed by atoms with Crippen molar-refractivity contribution in [1.29, 1.82) is 0 Å². The van der Waals surface area contributed by atoms with Gasteiger partial charge in [-0.05, 0) is 13.3 Å². The Hall–Kier alpha value is -1.44. The number of hydrogen-bond donors (Lipinski definition) is 1. The van der Waals surface area contributed by atoms with Gasteiger partial charge in [0.2, 0.25) is 11.9 Å². The van der Waals surface area contributed by atoms with Gasteiger partial charge in [-0.25, -0.2) is 0 Å². The van der Waals surface area contributed by atoms with E-state index in [1.165, 1.54) is 0 Å². The van der Waals surface area contributed by atoms with E-state index in [1.807, 2.05) is 18.7 Å². The fourth-order valence-electron chi connectivity index (χ4n) is 1.82. The van der Waals surface area contributed by atoms with Gasteiger partial charge in [0.05, 0.1) is 6.61 Å². The first kappa shape index (κ1) is 15.0. The van der Waals surface area contributed by atoms with Crippen LogP contribution in [0.3, 0.4) is 0 Å². The second-order valence-corrected chi connectivity index (χ2v) is 6.15. The second kappa shape index (κ2) is 7.37. The molecule has 1 aliphatic heterocycles. The van der Waals surface area contributed by atoms with E-state index in [4.69, 9.17) is 4.74 Å². The maximum absolute atomic E-state index is 11.4. The molecule has 1 aromatic heterocycles. The zero-order chi connectivity index (χ0) is 14.4. The molecule has 2 rings (SSSR count). The molecule has 0 atom stereocenters. The minimum absolute atomic E-state index is 0.347. The van der Waals surface area contributed by atoms with Crippen molar-refractivity contribution in [3.05, 3.63) is 0 Å². The van der Waals surface area contributed by atoms with Crippen LogP contribution in [0.5, 0.6) is 6.01 Å². The van der Waals surface area contributed by atoms with Crippen LogP contribution in [0.15, 0.2) is 0 Å². The molecule has 7 nitrogen and oxygen atoms in total.